The number of anilines is 1. The first-order valence-corrected chi connectivity index (χ1v) is 7.34. The van der Waals surface area contributed by atoms with Crippen LogP contribution in [-0.4, -0.2) is 23.1 Å². The lowest BCUT2D eigenvalue weighted by atomic mass is 10.0. The summed E-state index contributed by atoms with van der Waals surface area (Å²) >= 11 is 0. The van der Waals surface area contributed by atoms with E-state index in [9.17, 15) is 9.59 Å². The van der Waals surface area contributed by atoms with Crippen molar-refractivity contribution in [2.75, 3.05) is 5.32 Å². The van der Waals surface area contributed by atoms with Crippen LogP contribution in [0.5, 0.6) is 0 Å². The number of urea groups is 1. The van der Waals surface area contributed by atoms with E-state index in [1.165, 1.54) is 6.07 Å². The third kappa shape index (κ3) is 3.74. The van der Waals surface area contributed by atoms with E-state index in [0.717, 1.165) is 30.4 Å². The van der Waals surface area contributed by atoms with Crippen LogP contribution in [0.1, 0.15) is 47.7 Å². The number of carboxylic acid groups (broad SMARTS) is 1. The molecule has 1 aliphatic rings. The van der Waals surface area contributed by atoms with Gasteiger partial charge in [-0.15, -0.1) is 0 Å². The Kier molecular flexibility index (Phi) is 4.50. The fourth-order valence-electron chi connectivity index (χ4n) is 2.60. The van der Waals surface area contributed by atoms with Crippen molar-refractivity contribution < 1.29 is 14.7 Å². The minimum absolute atomic E-state index is 0.223. The van der Waals surface area contributed by atoms with Crippen molar-refractivity contribution in [3.05, 3.63) is 28.8 Å². The molecule has 2 atom stereocenters. The molecule has 0 radical (unpaired) electrons. The Labute approximate surface area is 124 Å². The van der Waals surface area contributed by atoms with E-state index in [1.54, 1.807) is 13.0 Å². The van der Waals surface area contributed by atoms with Gasteiger partial charge in [-0.3, -0.25) is 0 Å². The number of aromatic carboxylic acids is 1. The molecule has 3 N–H and O–H groups in total. The number of carbonyl (C=O) groups excluding carboxylic acids is 1. The van der Waals surface area contributed by atoms with E-state index < -0.39 is 5.97 Å². The van der Waals surface area contributed by atoms with Crippen LogP contribution in [0.4, 0.5) is 10.5 Å². The largest absolute Gasteiger partial charge is 0.478 e. The van der Waals surface area contributed by atoms with Crippen LogP contribution in [0.15, 0.2) is 12.1 Å². The zero-order valence-electron chi connectivity index (χ0n) is 12.7. The Hall–Kier alpha value is -2.04. The molecule has 0 spiro atoms. The molecule has 5 heteroatoms. The number of carboxylic acids is 1. The molecule has 2 rings (SSSR count). The van der Waals surface area contributed by atoms with Crippen LogP contribution >= 0.6 is 0 Å². The first-order chi connectivity index (χ1) is 9.92. The molecule has 1 saturated carbocycles. The summed E-state index contributed by atoms with van der Waals surface area (Å²) in [5.74, 6) is -0.389. The lowest BCUT2D eigenvalue weighted by Crippen LogP contribution is -2.31. The van der Waals surface area contributed by atoms with Crippen molar-refractivity contribution in [1.29, 1.82) is 0 Å². The maximum Gasteiger partial charge on any atom is 0.336 e. The van der Waals surface area contributed by atoms with E-state index in [2.05, 4.69) is 17.6 Å². The van der Waals surface area contributed by atoms with Gasteiger partial charge >= 0.3 is 12.0 Å². The van der Waals surface area contributed by atoms with Gasteiger partial charge in [-0.25, -0.2) is 9.59 Å². The molecule has 2 unspecified atom stereocenters. The Balaban J connectivity index is 2.00. The van der Waals surface area contributed by atoms with Gasteiger partial charge in [-0.05, 0) is 55.9 Å². The third-order valence-corrected chi connectivity index (χ3v) is 4.05. The molecule has 0 aliphatic heterocycles. The molecular formula is C16H22N2O3. The van der Waals surface area contributed by atoms with Crippen LogP contribution in [-0.2, 0) is 0 Å². The predicted molar refractivity (Wildman–Crippen MR) is 81.8 cm³/mol. The van der Waals surface area contributed by atoms with Crippen molar-refractivity contribution in [2.24, 2.45) is 5.92 Å². The number of rotatable bonds is 5. The van der Waals surface area contributed by atoms with Crippen molar-refractivity contribution in [3.8, 4) is 0 Å². The topological polar surface area (TPSA) is 78.4 Å². The Morgan fingerprint density at radius 1 is 1.33 bits per heavy atom. The molecule has 1 aliphatic carbocycles. The van der Waals surface area contributed by atoms with Gasteiger partial charge in [-0.1, -0.05) is 13.3 Å². The molecule has 1 fully saturated rings. The summed E-state index contributed by atoms with van der Waals surface area (Å²) in [5.41, 5.74) is 2.31. The highest BCUT2D eigenvalue weighted by Crippen LogP contribution is 2.34. The van der Waals surface area contributed by atoms with E-state index in [4.69, 9.17) is 5.11 Å². The summed E-state index contributed by atoms with van der Waals surface area (Å²) < 4.78 is 0. The summed E-state index contributed by atoms with van der Waals surface area (Å²) in [6.07, 6.45) is 3.30. The van der Waals surface area contributed by atoms with Gasteiger partial charge in [0.25, 0.3) is 0 Å². The highest BCUT2D eigenvalue weighted by Gasteiger charge is 2.37. The molecule has 114 valence electrons. The first kappa shape index (κ1) is 15.4. The number of benzene rings is 1. The van der Waals surface area contributed by atoms with Crippen molar-refractivity contribution in [2.45, 2.75) is 46.1 Å². The number of aryl methyl sites for hydroxylation is 1. The van der Waals surface area contributed by atoms with Crippen molar-refractivity contribution in [3.63, 3.8) is 0 Å². The second kappa shape index (κ2) is 6.16. The highest BCUT2D eigenvalue weighted by molar-refractivity contribution is 5.94. The van der Waals surface area contributed by atoms with Gasteiger partial charge in [0, 0.05) is 11.7 Å². The maximum atomic E-state index is 11.9. The summed E-state index contributed by atoms with van der Waals surface area (Å²) in [6, 6.07) is 3.28. The first-order valence-electron chi connectivity index (χ1n) is 7.34. The molecule has 0 bridgehead atoms. The van der Waals surface area contributed by atoms with Gasteiger partial charge in [0.2, 0.25) is 0 Å². The lowest BCUT2D eigenvalue weighted by Gasteiger charge is -2.11. The zero-order chi connectivity index (χ0) is 15.6. The van der Waals surface area contributed by atoms with Crippen LogP contribution < -0.4 is 10.6 Å². The third-order valence-electron chi connectivity index (χ3n) is 4.05. The quantitative estimate of drug-likeness (QED) is 0.778. The fourth-order valence-corrected chi connectivity index (χ4v) is 2.60. The zero-order valence-corrected chi connectivity index (χ0v) is 12.7. The normalized spacial score (nSPS) is 20.0. The Bertz CT molecular complexity index is 569. The van der Waals surface area contributed by atoms with Crippen LogP contribution in [0, 0.1) is 19.8 Å². The molecule has 2 amide bonds. The van der Waals surface area contributed by atoms with Crippen molar-refractivity contribution in [1.82, 2.24) is 5.32 Å². The lowest BCUT2D eigenvalue weighted by molar-refractivity contribution is 0.0696. The number of nitrogens with one attached hydrogen (secondary N) is 2. The highest BCUT2D eigenvalue weighted by atomic mass is 16.4. The number of carbonyl (C=O) groups is 2. The molecule has 0 saturated heterocycles. The molecule has 0 aromatic heterocycles. The van der Waals surface area contributed by atoms with Crippen molar-refractivity contribution >= 4 is 17.7 Å². The summed E-state index contributed by atoms with van der Waals surface area (Å²) in [7, 11) is 0. The second-order valence-corrected chi connectivity index (χ2v) is 5.76. The standard InChI is InChI=1S/C16H22N2O3/c1-4-5-11-7-14(11)18-16(21)17-12-6-9(2)10(3)13(8-12)15(19)20/h6,8,11,14H,4-5,7H2,1-3H3,(H,19,20)(H2,17,18,21). The molecule has 1 aromatic rings. The molecule has 5 nitrogen and oxygen atoms in total. The SMILES string of the molecule is CCCC1CC1NC(=O)Nc1cc(C)c(C)c(C(=O)O)c1. The minimum Gasteiger partial charge on any atom is -0.478 e. The smallest absolute Gasteiger partial charge is 0.336 e. The summed E-state index contributed by atoms with van der Waals surface area (Å²) in [5, 5.41) is 14.8. The molecule has 21 heavy (non-hydrogen) atoms. The van der Waals surface area contributed by atoms with Gasteiger partial charge in [0.1, 0.15) is 0 Å². The minimum atomic E-state index is -0.982. The van der Waals surface area contributed by atoms with Gasteiger partial charge < -0.3 is 15.7 Å². The van der Waals surface area contributed by atoms with Crippen LogP contribution in [0.25, 0.3) is 0 Å². The van der Waals surface area contributed by atoms with Gasteiger partial charge in [0.05, 0.1) is 5.56 Å². The predicted octanol–water partition coefficient (Wildman–Crippen LogP) is 3.31. The number of hydrogen-bond acceptors (Lipinski definition) is 2. The van der Waals surface area contributed by atoms with Gasteiger partial charge in [-0.2, -0.15) is 0 Å². The van der Waals surface area contributed by atoms with E-state index >= 15 is 0 Å². The van der Waals surface area contributed by atoms with E-state index in [1.807, 2.05) is 6.92 Å². The Morgan fingerprint density at radius 3 is 2.67 bits per heavy atom. The average molecular weight is 290 g/mol. The number of hydrogen-bond donors (Lipinski definition) is 3. The summed E-state index contributed by atoms with van der Waals surface area (Å²) in [4.78, 5) is 23.1. The van der Waals surface area contributed by atoms with Gasteiger partial charge in [0.15, 0.2) is 0 Å². The fraction of sp³-hybridized carbons (Fsp3) is 0.500. The molecule has 0 heterocycles. The number of amides is 2. The van der Waals surface area contributed by atoms with Crippen LogP contribution in [0.3, 0.4) is 0 Å². The maximum absolute atomic E-state index is 11.9. The van der Waals surface area contributed by atoms with Crippen LogP contribution in [0.2, 0.25) is 0 Å². The molecular weight excluding hydrogens is 268 g/mol. The second-order valence-electron chi connectivity index (χ2n) is 5.76. The summed E-state index contributed by atoms with van der Waals surface area (Å²) in [6.45, 7) is 5.74. The average Bonchev–Trinajstić information content (AvgIpc) is 3.11. The monoisotopic (exact) mass is 290 g/mol. The Morgan fingerprint density at radius 2 is 2.05 bits per heavy atom. The van der Waals surface area contributed by atoms with E-state index in [0.29, 0.717) is 11.6 Å². The molecule has 1 aromatic carbocycles. The van der Waals surface area contributed by atoms with E-state index in [-0.39, 0.29) is 17.6 Å².